The van der Waals surface area contributed by atoms with Crippen molar-refractivity contribution in [2.24, 2.45) is 0 Å². The van der Waals surface area contributed by atoms with Crippen LogP contribution in [0.25, 0.3) is 11.0 Å². The third kappa shape index (κ3) is 3.30. The van der Waals surface area contributed by atoms with Gasteiger partial charge in [0, 0.05) is 12.1 Å². The highest BCUT2D eigenvalue weighted by atomic mass is 32.2. The molecule has 1 aromatic heterocycles. The van der Waals surface area contributed by atoms with Crippen LogP contribution in [0.5, 0.6) is 5.75 Å². The average molecular weight is 381 g/mol. The van der Waals surface area contributed by atoms with Gasteiger partial charge in [0.1, 0.15) is 5.75 Å². The number of carbonyl (C=O) groups is 2. The summed E-state index contributed by atoms with van der Waals surface area (Å²) in [6.45, 7) is 4.73. The Morgan fingerprint density at radius 2 is 2.15 bits per heavy atom. The second-order valence-corrected chi connectivity index (χ2v) is 7.61. The Balaban J connectivity index is 1.58. The molecule has 0 bridgehead atoms. The van der Waals surface area contributed by atoms with Crippen molar-refractivity contribution in [3.8, 4) is 5.75 Å². The van der Waals surface area contributed by atoms with Crippen LogP contribution in [-0.4, -0.2) is 33.1 Å². The first-order valence-electron chi connectivity index (χ1n) is 8.79. The van der Waals surface area contributed by atoms with E-state index >= 15 is 0 Å². The highest BCUT2D eigenvalue weighted by Crippen LogP contribution is 2.32. The largest absolute Gasteiger partial charge is 0.482 e. The third-order valence-corrected chi connectivity index (χ3v) is 5.57. The number of carbonyl (C=O) groups excluding carboxylic acids is 2. The molecule has 4 rings (SSSR count). The fourth-order valence-corrected chi connectivity index (χ4v) is 4.20. The lowest BCUT2D eigenvalue weighted by atomic mass is 10.1. The van der Waals surface area contributed by atoms with E-state index < -0.39 is 0 Å². The minimum absolute atomic E-state index is 0.000215. The van der Waals surface area contributed by atoms with E-state index in [1.807, 2.05) is 31.2 Å². The fraction of sp³-hybridized carbons (Fsp3) is 0.250. The monoisotopic (exact) mass is 381 g/mol. The molecule has 0 fully saturated rings. The maximum absolute atomic E-state index is 12.9. The topological polar surface area (TPSA) is 73.2 Å². The van der Waals surface area contributed by atoms with Gasteiger partial charge in [0.15, 0.2) is 17.5 Å². The van der Waals surface area contributed by atoms with Crippen LogP contribution >= 0.6 is 11.8 Å². The quantitative estimate of drug-likeness (QED) is 0.538. The summed E-state index contributed by atoms with van der Waals surface area (Å²) in [5, 5.41) is 3.25. The molecule has 3 aromatic rings. The number of Topliss-reactive ketones (excluding diaryl/α,β-unsaturated/α-hetero) is 1. The van der Waals surface area contributed by atoms with Crippen molar-refractivity contribution in [2.45, 2.75) is 30.8 Å². The Morgan fingerprint density at radius 1 is 1.33 bits per heavy atom. The number of hydrogen-bond donors (Lipinski definition) is 1. The molecule has 6 nitrogen and oxygen atoms in total. The summed E-state index contributed by atoms with van der Waals surface area (Å²) in [7, 11) is 0. The summed E-state index contributed by atoms with van der Waals surface area (Å²) in [6.07, 6.45) is 0. The number of nitrogens with zero attached hydrogens (tertiary/aromatic N) is 2. The van der Waals surface area contributed by atoms with E-state index in [9.17, 15) is 9.59 Å². The zero-order chi connectivity index (χ0) is 19.0. The summed E-state index contributed by atoms with van der Waals surface area (Å²) in [4.78, 5) is 29.1. The zero-order valence-electron chi connectivity index (χ0n) is 15.1. The molecule has 1 aliphatic rings. The molecule has 2 heterocycles. The molecule has 0 aliphatic carbocycles. The highest BCUT2D eigenvalue weighted by molar-refractivity contribution is 8.00. The molecule has 1 atom stereocenters. The van der Waals surface area contributed by atoms with E-state index in [-0.39, 0.29) is 23.5 Å². The normalized spacial score (nSPS) is 14.4. The van der Waals surface area contributed by atoms with Crippen LogP contribution in [0.3, 0.4) is 0 Å². The number of aromatic nitrogens is 2. The molecule has 0 spiro atoms. The molecule has 1 amide bonds. The van der Waals surface area contributed by atoms with E-state index in [4.69, 9.17) is 4.74 Å². The van der Waals surface area contributed by atoms with Gasteiger partial charge in [0.05, 0.1) is 22.0 Å². The number of ether oxygens (including phenoxy) is 1. The van der Waals surface area contributed by atoms with Crippen molar-refractivity contribution in [3.05, 3.63) is 48.0 Å². The molecule has 1 aliphatic heterocycles. The number of imidazole rings is 1. The molecule has 0 saturated carbocycles. The summed E-state index contributed by atoms with van der Waals surface area (Å²) >= 11 is 1.45. The number of fused-ring (bicyclic) bond motifs is 2. The second-order valence-electron chi connectivity index (χ2n) is 6.30. The lowest BCUT2D eigenvalue weighted by molar-refractivity contribution is -0.118. The van der Waals surface area contributed by atoms with Crippen LogP contribution < -0.4 is 10.1 Å². The van der Waals surface area contributed by atoms with E-state index in [0.717, 1.165) is 22.7 Å². The molecule has 0 saturated heterocycles. The number of ketones is 1. The summed E-state index contributed by atoms with van der Waals surface area (Å²) in [5.41, 5.74) is 3.07. The minimum Gasteiger partial charge on any atom is -0.482 e. The number of anilines is 1. The Morgan fingerprint density at radius 3 is 2.96 bits per heavy atom. The van der Waals surface area contributed by atoms with Crippen LogP contribution in [0.15, 0.2) is 47.6 Å². The van der Waals surface area contributed by atoms with E-state index in [2.05, 4.69) is 21.8 Å². The molecule has 27 heavy (non-hydrogen) atoms. The van der Waals surface area contributed by atoms with Gasteiger partial charge in [-0.15, -0.1) is 0 Å². The number of thioether (sulfide) groups is 1. The fourth-order valence-electron chi connectivity index (χ4n) is 3.13. The molecular formula is C20H19N3O3S. The molecule has 0 radical (unpaired) electrons. The first-order chi connectivity index (χ1) is 13.1. The smallest absolute Gasteiger partial charge is 0.262 e. The van der Waals surface area contributed by atoms with Gasteiger partial charge in [-0.25, -0.2) is 4.98 Å². The summed E-state index contributed by atoms with van der Waals surface area (Å²) in [6, 6.07) is 13.1. The standard InChI is InChI=1S/C20H19N3O3S/c1-3-23-16-7-5-4-6-14(16)22-20(23)27-12(2)19(25)13-8-9-17-15(10-13)21-18(24)11-26-17/h4-10,12H,3,11H2,1-2H3,(H,21,24)/t12-/m1/s1. The van der Waals surface area contributed by atoms with Crippen LogP contribution in [-0.2, 0) is 11.3 Å². The number of para-hydroxylation sites is 2. The Labute approximate surface area is 160 Å². The first-order valence-corrected chi connectivity index (χ1v) is 9.67. The van der Waals surface area contributed by atoms with E-state index in [0.29, 0.717) is 17.0 Å². The van der Waals surface area contributed by atoms with Crippen molar-refractivity contribution < 1.29 is 14.3 Å². The van der Waals surface area contributed by atoms with Crippen LogP contribution in [0.2, 0.25) is 0 Å². The predicted octanol–water partition coefficient (Wildman–Crippen LogP) is 3.75. The van der Waals surface area contributed by atoms with E-state index in [1.165, 1.54) is 11.8 Å². The van der Waals surface area contributed by atoms with Crippen molar-refractivity contribution >= 4 is 40.2 Å². The van der Waals surface area contributed by atoms with E-state index in [1.54, 1.807) is 18.2 Å². The van der Waals surface area contributed by atoms with Gasteiger partial charge in [-0.3, -0.25) is 9.59 Å². The zero-order valence-corrected chi connectivity index (χ0v) is 15.9. The Bertz CT molecular complexity index is 1040. The molecule has 0 unspecified atom stereocenters. The van der Waals surface area contributed by atoms with Gasteiger partial charge in [-0.05, 0) is 44.2 Å². The first kappa shape index (κ1) is 17.6. The van der Waals surface area contributed by atoms with Crippen LogP contribution in [0.1, 0.15) is 24.2 Å². The molecule has 138 valence electrons. The Kier molecular flexibility index (Phi) is 4.61. The van der Waals surface area contributed by atoms with Crippen LogP contribution in [0, 0.1) is 0 Å². The number of nitrogens with one attached hydrogen (secondary N) is 1. The second kappa shape index (κ2) is 7.08. The predicted molar refractivity (Wildman–Crippen MR) is 106 cm³/mol. The van der Waals surface area contributed by atoms with Crippen molar-refractivity contribution in [1.29, 1.82) is 0 Å². The maximum Gasteiger partial charge on any atom is 0.262 e. The number of amides is 1. The SMILES string of the molecule is CCn1c(S[C@H](C)C(=O)c2ccc3c(c2)NC(=O)CO3)nc2ccccc21. The van der Waals surface area contributed by atoms with Gasteiger partial charge in [-0.1, -0.05) is 23.9 Å². The Hall–Kier alpha value is -2.80. The van der Waals surface area contributed by atoms with Gasteiger partial charge >= 0.3 is 0 Å². The molecule has 1 N–H and O–H groups in total. The number of benzene rings is 2. The van der Waals surface area contributed by atoms with Crippen molar-refractivity contribution in [1.82, 2.24) is 9.55 Å². The lowest BCUT2D eigenvalue weighted by Crippen LogP contribution is -2.25. The molecule has 7 heteroatoms. The van der Waals surface area contributed by atoms with Gasteiger partial charge < -0.3 is 14.6 Å². The number of rotatable bonds is 5. The maximum atomic E-state index is 12.9. The van der Waals surface area contributed by atoms with Crippen molar-refractivity contribution in [3.63, 3.8) is 0 Å². The molecule has 2 aromatic carbocycles. The van der Waals surface area contributed by atoms with Gasteiger partial charge in [-0.2, -0.15) is 0 Å². The third-order valence-electron chi connectivity index (χ3n) is 4.48. The van der Waals surface area contributed by atoms with Gasteiger partial charge in [0.25, 0.3) is 5.91 Å². The highest BCUT2D eigenvalue weighted by Gasteiger charge is 2.23. The van der Waals surface area contributed by atoms with Gasteiger partial charge in [0.2, 0.25) is 0 Å². The number of hydrogen-bond acceptors (Lipinski definition) is 5. The average Bonchev–Trinajstić information content (AvgIpc) is 3.03. The lowest BCUT2D eigenvalue weighted by Gasteiger charge is -2.19. The number of aryl methyl sites for hydroxylation is 1. The summed E-state index contributed by atoms with van der Waals surface area (Å²) in [5.74, 6) is 0.350. The van der Waals surface area contributed by atoms with Crippen LogP contribution in [0.4, 0.5) is 5.69 Å². The molecular weight excluding hydrogens is 362 g/mol. The summed E-state index contributed by atoms with van der Waals surface area (Å²) < 4.78 is 7.46. The minimum atomic E-state index is -0.314. The van der Waals surface area contributed by atoms with Crippen molar-refractivity contribution in [2.75, 3.05) is 11.9 Å².